The van der Waals surface area contributed by atoms with Gasteiger partial charge in [-0.25, -0.2) is 0 Å². The molecule has 0 saturated carbocycles. The molecule has 2 aromatic rings. The third-order valence-electron chi connectivity index (χ3n) is 6.88. The molecule has 1 nitrogen and oxygen atoms in total. The maximum atomic E-state index is 15.5. The van der Waals surface area contributed by atoms with Crippen molar-refractivity contribution in [1.82, 2.24) is 0 Å². The summed E-state index contributed by atoms with van der Waals surface area (Å²) in [6.45, 7) is 8.64. The Kier molecular flexibility index (Phi) is 3.29. The van der Waals surface area contributed by atoms with Crippen LogP contribution in [0.1, 0.15) is 57.4 Å². The van der Waals surface area contributed by atoms with Gasteiger partial charge >= 0.3 is 5.92 Å². The first-order valence-corrected chi connectivity index (χ1v) is 9.07. The van der Waals surface area contributed by atoms with E-state index in [4.69, 9.17) is 0 Å². The van der Waals surface area contributed by atoms with Crippen LogP contribution in [0.5, 0.6) is 0 Å². The van der Waals surface area contributed by atoms with E-state index in [-0.39, 0.29) is 22.1 Å². The molecule has 0 fully saturated rings. The molecule has 1 aromatic heterocycles. The van der Waals surface area contributed by atoms with E-state index in [9.17, 15) is 0 Å². The van der Waals surface area contributed by atoms with Gasteiger partial charge in [0.1, 0.15) is 5.57 Å². The quantitative estimate of drug-likeness (QED) is 0.632. The Morgan fingerprint density at radius 1 is 0.880 bits per heavy atom. The second-order valence-electron chi connectivity index (χ2n) is 7.64. The Morgan fingerprint density at radius 3 is 2.24 bits per heavy atom. The highest BCUT2D eigenvalue weighted by molar-refractivity contribution is 6.01. The maximum Gasteiger partial charge on any atom is 0.305 e. The molecule has 0 spiro atoms. The number of aromatic nitrogens is 1. The molecule has 2 atom stereocenters. The van der Waals surface area contributed by atoms with Crippen molar-refractivity contribution in [3.63, 3.8) is 0 Å². The fraction of sp³-hybridized carbons (Fsp3) is 0.409. The van der Waals surface area contributed by atoms with Crippen LogP contribution in [0.15, 0.2) is 48.7 Å². The smallest absolute Gasteiger partial charge is 0.195 e. The first-order chi connectivity index (χ1) is 11.8. The molecule has 1 aliphatic heterocycles. The van der Waals surface area contributed by atoms with Gasteiger partial charge in [0.25, 0.3) is 0 Å². The molecule has 0 amide bonds. The Hall–Kier alpha value is -2.03. The van der Waals surface area contributed by atoms with Crippen molar-refractivity contribution in [3.8, 4) is 0 Å². The van der Waals surface area contributed by atoms with Gasteiger partial charge in [-0.2, -0.15) is 13.3 Å². The van der Waals surface area contributed by atoms with E-state index in [0.717, 1.165) is 24.0 Å². The highest BCUT2D eigenvalue weighted by atomic mass is 19.3. The number of halogens is 2. The van der Waals surface area contributed by atoms with Gasteiger partial charge in [0.2, 0.25) is 5.69 Å². The summed E-state index contributed by atoms with van der Waals surface area (Å²) in [5.74, 6) is -2.96. The first-order valence-electron chi connectivity index (χ1n) is 9.07. The lowest BCUT2D eigenvalue weighted by molar-refractivity contribution is -0.778. The second-order valence-corrected chi connectivity index (χ2v) is 7.64. The van der Waals surface area contributed by atoms with E-state index in [2.05, 4.69) is 32.3 Å². The summed E-state index contributed by atoms with van der Waals surface area (Å²) < 4.78 is 33.1. The molecule has 2 heterocycles. The summed E-state index contributed by atoms with van der Waals surface area (Å²) in [4.78, 5) is 0. The molecule has 25 heavy (non-hydrogen) atoms. The molecule has 4 rings (SSSR count). The molecule has 0 saturated heterocycles. The summed E-state index contributed by atoms with van der Waals surface area (Å²) in [7, 11) is 0. The fourth-order valence-electron chi connectivity index (χ4n) is 4.99. The summed E-state index contributed by atoms with van der Waals surface area (Å²) in [6.07, 6.45) is 3.65. The van der Waals surface area contributed by atoms with Crippen LogP contribution in [0.2, 0.25) is 0 Å². The molecule has 0 N–H and O–H groups in total. The molecule has 130 valence electrons. The van der Waals surface area contributed by atoms with Crippen molar-refractivity contribution in [2.75, 3.05) is 0 Å². The molecule has 1 aliphatic carbocycles. The fourth-order valence-corrected chi connectivity index (χ4v) is 4.99. The third-order valence-corrected chi connectivity index (χ3v) is 6.88. The van der Waals surface area contributed by atoms with Crippen molar-refractivity contribution in [2.24, 2.45) is 5.41 Å². The number of hydrogen-bond donors (Lipinski definition) is 0. The van der Waals surface area contributed by atoms with Crippen molar-refractivity contribution in [3.05, 3.63) is 65.5 Å². The summed E-state index contributed by atoms with van der Waals surface area (Å²) in [5.41, 5.74) is 1.93. The van der Waals surface area contributed by atoms with E-state index in [0.29, 0.717) is 5.69 Å². The average Bonchev–Trinajstić information content (AvgIpc) is 2.88. The molecule has 0 bridgehead atoms. The molecular formula is C22H24F2N+. The highest BCUT2D eigenvalue weighted by Gasteiger charge is 2.64. The lowest BCUT2D eigenvalue weighted by atomic mass is 9.60. The molecular weight excluding hydrogens is 316 g/mol. The number of benzene rings is 1. The zero-order valence-electron chi connectivity index (χ0n) is 15.2. The normalized spacial score (nSPS) is 29.2. The van der Waals surface area contributed by atoms with Crippen molar-refractivity contribution in [1.29, 1.82) is 0 Å². The lowest BCUT2D eigenvalue weighted by Gasteiger charge is -2.46. The van der Waals surface area contributed by atoms with E-state index in [1.807, 2.05) is 36.5 Å². The SMILES string of the molecule is CCC1(C)C2=C(c3cccc[n+]3C1(C)CC)C(F)(F)c1ccccc12. The van der Waals surface area contributed by atoms with E-state index in [1.165, 1.54) is 0 Å². The van der Waals surface area contributed by atoms with E-state index in [1.54, 1.807) is 12.1 Å². The van der Waals surface area contributed by atoms with Gasteiger partial charge in [-0.3, -0.25) is 0 Å². The zero-order chi connectivity index (χ0) is 18.0. The monoisotopic (exact) mass is 340 g/mol. The van der Waals surface area contributed by atoms with Gasteiger partial charge in [-0.05, 0) is 30.5 Å². The van der Waals surface area contributed by atoms with Gasteiger partial charge in [-0.15, -0.1) is 0 Å². The Labute approximate surface area is 148 Å². The molecule has 1 aromatic carbocycles. The Morgan fingerprint density at radius 2 is 1.56 bits per heavy atom. The van der Waals surface area contributed by atoms with E-state index >= 15 is 8.78 Å². The predicted molar refractivity (Wildman–Crippen MR) is 96.1 cm³/mol. The highest BCUT2D eigenvalue weighted by Crippen LogP contribution is 2.63. The standard InChI is InChI=1S/C22H24F2N/c1-5-20(3)18-15-11-7-8-12-16(15)22(23,24)19(18)17-13-9-10-14-25(17)21(20,4)6-2/h7-14H,5-6H2,1-4H3/q+1. The summed E-state index contributed by atoms with van der Waals surface area (Å²) >= 11 is 0. The number of hydrogen-bond acceptors (Lipinski definition) is 0. The number of fused-ring (bicyclic) bond motifs is 4. The Balaban J connectivity index is 2.19. The predicted octanol–water partition coefficient (Wildman–Crippen LogP) is 5.55. The van der Waals surface area contributed by atoms with Crippen LogP contribution in [0.4, 0.5) is 8.78 Å². The molecule has 3 heteroatoms. The minimum atomic E-state index is -2.96. The van der Waals surface area contributed by atoms with Gasteiger partial charge in [0.05, 0.1) is 5.41 Å². The minimum Gasteiger partial charge on any atom is -0.195 e. The van der Waals surface area contributed by atoms with E-state index < -0.39 is 5.92 Å². The Bertz CT molecular complexity index is 898. The number of pyridine rings is 1. The summed E-state index contributed by atoms with van der Waals surface area (Å²) in [6, 6.07) is 12.7. The van der Waals surface area contributed by atoms with Crippen LogP contribution < -0.4 is 4.57 Å². The van der Waals surface area contributed by atoms with Crippen LogP contribution in [0.3, 0.4) is 0 Å². The lowest BCUT2D eigenvalue weighted by Crippen LogP contribution is -2.66. The molecule has 2 unspecified atom stereocenters. The van der Waals surface area contributed by atoms with Crippen LogP contribution in [-0.4, -0.2) is 0 Å². The van der Waals surface area contributed by atoms with Crippen molar-refractivity contribution >= 4 is 11.1 Å². The number of allylic oxidation sites excluding steroid dienone is 2. The van der Waals surface area contributed by atoms with Gasteiger partial charge in [0, 0.05) is 31.0 Å². The largest absolute Gasteiger partial charge is 0.305 e. The molecule has 0 radical (unpaired) electrons. The van der Waals surface area contributed by atoms with Crippen molar-refractivity contribution < 1.29 is 13.3 Å². The number of nitrogens with zero attached hydrogens (tertiary/aromatic N) is 1. The van der Waals surface area contributed by atoms with Gasteiger partial charge < -0.3 is 0 Å². The number of alkyl halides is 2. The van der Waals surface area contributed by atoms with Crippen LogP contribution in [0.25, 0.3) is 11.1 Å². The van der Waals surface area contributed by atoms with Crippen LogP contribution >= 0.6 is 0 Å². The first kappa shape index (κ1) is 16.4. The van der Waals surface area contributed by atoms with Gasteiger partial charge in [0.15, 0.2) is 11.7 Å². The third kappa shape index (κ3) is 1.74. The topological polar surface area (TPSA) is 3.88 Å². The summed E-state index contributed by atoms with van der Waals surface area (Å²) in [5, 5.41) is 0. The number of rotatable bonds is 2. The van der Waals surface area contributed by atoms with Crippen LogP contribution in [0, 0.1) is 5.41 Å². The van der Waals surface area contributed by atoms with Gasteiger partial charge in [-0.1, -0.05) is 38.1 Å². The molecule has 2 aliphatic rings. The van der Waals surface area contributed by atoms with Crippen LogP contribution in [-0.2, 0) is 11.5 Å². The van der Waals surface area contributed by atoms with Crippen molar-refractivity contribution in [2.45, 2.75) is 52.0 Å². The second kappa shape index (κ2) is 5.00. The zero-order valence-corrected chi connectivity index (χ0v) is 15.2. The average molecular weight is 340 g/mol. The minimum absolute atomic E-state index is 0.149. The maximum absolute atomic E-state index is 15.5.